The monoisotopic (exact) mass is 788 g/mol. The van der Waals surface area contributed by atoms with Crippen LogP contribution in [0.4, 0.5) is 0 Å². The third kappa shape index (κ3) is 4.67. The fourth-order valence-corrected chi connectivity index (χ4v) is 12.8. The molecule has 5 nitrogen and oxygen atoms in total. The quantitative estimate of drug-likeness (QED) is 0.167. The smallest absolute Gasteiger partial charge is 0.185 e. The molecule has 0 amide bonds. The summed E-state index contributed by atoms with van der Waals surface area (Å²) >= 11 is 0. The van der Waals surface area contributed by atoms with Crippen LogP contribution in [0, 0.1) is 0 Å². The number of benzene rings is 9. The van der Waals surface area contributed by atoms with E-state index in [1.165, 1.54) is 43.6 Å². The first kappa shape index (κ1) is 33.4. The van der Waals surface area contributed by atoms with Crippen LogP contribution in [0.25, 0.3) is 77.2 Å². The Kier molecular flexibility index (Phi) is 6.93. The lowest BCUT2D eigenvalue weighted by Crippen LogP contribution is -2.35. The highest BCUT2D eigenvalue weighted by Crippen LogP contribution is 2.59. The summed E-state index contributed by atoms with van der Waals surface area (Å²) in [7, 11) is -3.48. The molecule has 2 aliphatic rings. The van der Waals surface area contributed by atoms with Gasteiger partial charge in [-0.3, -0.25) is 0 Å². The van der Waals surface area contributed by atoms with Crippen LogP contribution in [-0.4, -0.2) is 9.13 Å². The third-order valence-corrected chi connectivity index (χ3v) is 15.5. The molecule has 2 aliphatic heterocycles. The molecule has 9 aromatic carbocycles. The number of fused-ring (bicyclic) bond motifs is 10. The summed E-state index contributed by atoms with van der Waals surface area (Å²) in [6.07, 6.45) is 0. The van der Waals surface area contributed by atoms with Crippen molar-refractivity contribution in [1.29, 1.82) is 0 Å². The molecule has 2 aromatic heterocycles. The molecule has 0 saturated carbocycles. The molecule has 0 fully saturated rings. The van der Waals surface area contributed by atoms with Crippen LogP contribution in [0.5, 0.6) is 23.0 Å². The number of para-hydroxylation sites is 4. The second kappa shape index (κ2) is 12.5. The van der Waals surface area contributed by atoms with Gasteiger partial charge in [0, 0.05) is 32.9 Å². The maximum atomic E-state index is 16.3. The van der Waals surface area contributed by atoms with E-state index >= 15 is 4.57 Å². The molecular weight excluding hydrogens is 756 g/mol. The molecule has 282 valence electrons. The largest absolute Gasteiger partial charge is 0.456 e. The van der Waals surface area contributed by atoms with E-state index in [2.05, 4.69) is 179 Å². The van der Waals surface area contributed by atoms with Crippen molar-refractivity contribution in [3.05, 3.63) is 200 Å². The molecule has 0 aliphatic carbocycles. The van der Waals surface area contributed by atoms with Gasteiger partial charge < -0.3 is 23.2 Å². The highest BCUT2D eigenvalue weighted by atomic mass is 31.2. The lowest BCUT2D eigenvalue weighted by Gasteiger charge is -2.35. The first-order valence-electron chi connectivity index (χ1n) is 20.2. The van der Waals surface area contributed by atoms with Crippen molar-refractivity contribution in [2.45, 2.75) is 0 Å². The molecular formula is C54H33N2O3P. The molecule has 0 N–H and O–H groups in total. The van der Waals surface area contributed by atoms with Gasteiger partial charge in [-0.25, -0.2) is 0 Å². The van der Waals surface area contributed by atoms with E-state index in [0.29, 0.717) is 38.9 Å². The summed E-state index contributed by atoms with van der Waals surface area (Å²) in [5.41, 5.74) is 10.8. The van der Waals surface area contributed by atoms with Crippen LogP contribution >= 0.6 is 7.14 Å². The number of ether oxygens (including phenoxy) is 2. The SMILES string of the molecule is O=P12c3cc(-c4ccc(-n5c6ccccc6c6ccccc65)cc4)ccc3Oc3cccc(c31)Oc1ccc(-c3ccc(-n4c5ccccc5c5ccccc54)cc3)cc12. The number of rotatable bonds is 4. The van der Waals surface area contributed by atoms with Gasteiger partial charge in [0.25, 0.3) is 0 Å². The predicted octanol–water partition coefficient (Wildman–Crippen LogP) is 13.1. The Balaban J connectivity index is 0.910. The number of aromatic nitrogens is 2. The van der Waals surface area contributed by atoms with Crippen molar-refractivity contribution in [3.8, 4) is 56.6 Å². The van der Waals surface area contributed by atoms with Gasteiger partial charge in [0.15, 0.2) is 7.14 Å². The fourth-order valence-electron chi connectivity index (χ4n) is 9.65. The summed E-state index contributed by atoms with van der Waals surface area (Å²) in [6, 6.07) is 69.3. The number of hydrogen-bond acceptors (Lipinski definition) is 3. The second-order valence-corrected chi connectivity index (χ2v) is 18.2. The second-order valence-electron chi connectivity index (χ2n) is 15.6. The van der Waals surface area contributed by atoms with Gasteiger partial charge in [-0.2, -0.15) is 0 Å². The maximum Gasteiger partial charge on any atom is 0.185 e. The van der Waals surface area contributed by atoms with Crippen LogP contribution in [0.3, 0.4) is 0 Å². The van der Waals surface area contributed by atoms with Gasteiger partial charge in [0.2, 0.25) is 0 Å². The third-order valence-electron chi connectivity index (χ3n) is 12.4. The van der Waals surface area contributed by atoms with E-state index in [4.69, 9.17) is 9.47 Å². The summed E-state index contributed by atoms with van der Waals surface area (Å²) in [6.45, 7) is 0. The van der Waals surface area contributed by atoms with Crippen molar-refractivity contribution in [2.75, 3.05) is 0 Å². The van der Waals surface area contributed by atoms with Crippen molar-refractivity contribution in [2.24, 2.45) is 0 Å². The van der Waals surface area contributed by atoms with Crippen molar-refractivity contribution >= 4 is 66.7 Å². The molecule has 13 rings (SSSR count). The fraction of sp³-hybridized carbons (Fsp3) is 0. The molecule has 0 spiro atoms. The van der Waals surface area contributed by atoms with E-state index in [-0.39, 0.29) is 0 Å². The van der Waals surface area contributed by atoms with Gasteiger partial charge in [-0.15, -0.1) is 0 Å². The van der Waals surface area contributed by atoms with E-state index in [1.54, 1.807) is 0 Å². The van der Waals surface area contributed by atoms with Gasteiger partial charge >= 0.3 is 0 Å². The van der Waals surface area contributed by atoms with Gasteiger partial charge in [0.05, 0.1) is 32.7 Å². The molecule has 6 heteroatoms. The minimum absolute atomic E-state index is 0.568. The minimum Gasteiger partial charge on any atom is -0.456 e. The molecule has 60 heavy (non-hydrogen) atoms. The topological polar surface area (TPSA) is 45.4 Å². The molecule has 0 saturated heterocycles. The van der Waals surface area contributed by atoms with E-state index in [0.717, 1.165) is 33.6 Å². The lowest BCUT2D eigenvalue weighted by atomic mass is 10.0. The van der Waals surface area contributed by atoms with Crippen LogP contribution in [0.2, 0.25) is 0 Å². The van der Waals surface area contributed by atoms with Gasteiger partial charge in [-0.1, -0.05) is 115 Å². The number of nitrogens with zero attached hydrogens (tertiary/aromatic N) is 2. The Morgan fingerprint density at radius 2 is 0.683 bits per heavy atom. The van der Waals surface area contributed by atoms with Crippen molar-refractivity contribution in [3.63, 3.8) is 0 Å². The van der Waals surface area contributed by atoms with Gasteiger partial charge in [-0.05, 0) is 107 Å². The summed E-state index contributed by atoms with van der Waals surface area (Å²) in [5.74, 6) is 2.33. The van der Waals surface area contributed by atoms with Crippen molar-refractivity contribution in [1.82, 2.24) is 9.13 Å². The molecule has 0 atom stereocenters. The van der Waals surface area contributed by atoms with E-state index in [9.17, 15) is 0 Å². The first-order chi connectivity index (χ1) is 29.6. The normalized spacial score (nSPS) is 13.5. The summed E-state index contributed by atoms with van der Waals surface area (Å²) in [5, 5.41) is 6.88. The maximum absolute atomic E-state index is 16.3. The Morgan fingerprint density at radius 1 is 0.333 bits per heavy atom. The first-order valence-corrected chi connectivity index (χ1v) is 21.9. The standard InChI is InChI=1S/C54H33N2O3P/c57-60-52-32-36(34-20-26-38(27-21-34)55-44-14-5-1-10-40(44)41-11-2-6-15-45(41)55)24-30-48(52)58-50-18-9-19-51(54(50)60)59-49-31-25-37(33-53(49)60)35-22-28-39(29-23-35)56-46-16-7-3-12-42(46)43-13-4-8-17-47(43)56/h1-33H. The molecule has 0 radical (unpaired) electrons. The predicted molar refractivity (Wildman–Crippen MR) is 246 cm³/mol. The molecule has 0 unspecified atom stereocenters. The average Bonchev–Trinajstić information content (AvgIpc) is 3.82. The van der Waals surface area contributed by atoms with Crippen LogP contribution in [0.15, 0.2) is 200 Å². The zero-order valence-corrected chi connectivity index (χ0v) is 33.0. The zero-order chi connectivity index (χ0) is 39.5. The minimum atomic E-state index is -3.48. The average molecular weight is 789 g/mol. The zero-order valence-electron chi connectivity index (χ0n) is 32.1. The number of hydrogen-bond donors (Lipinski definition) is 0. The van der Waals surface area contributed by atoms with Crippen molar-refractivity contribution < 1.29 is 14.0 Å². The highest BCUT2D eigenvalue weighted by molar-refractivity contribution is 7.86. The summed E-state index contributed by atoms with van der Waals surface area (Å²) < 4.78 is 33.9. The molecule has 11 aromatic rings. The summed E-state index contributed by atoms with van der Waals surface area (Å²) in [4.78, 5) is 0. The molecule has 0 bridgehead atoms. The Hall–Kier alpha value is -7.59. The van der Waals surface area contributed by atoms with Crippen LogP contribution < -0.4 is 25.4 Å². The van der Waals surface area contributed by atoms with Gasteiger partial charge in [0.1, 0.15) is 28.3 Å². The van der Waals surface area contributed by atoms with E-state index in [1.807, 2.05) is 30.3 Å². The highest BCUT2D eigenvalue weighted by Gasteiger charge is 2.46. The Bertz CT molecular complexity index is 3300. The Morgan fingerprint density at radius 3 is 1.07 bits per heavy atom. The van der Waals surface area contributed by atoms with Crippen LogP contribution in [0.1, 0.15) is 0 Å². The van der Waals surface area contributed by atoms with Crippen LogP contribution in [-0.2, 0) is 4.57 Å². The Labute approximate surface area is 345 Å². The molecule has 4 heterocycles. The lowest BCUT2D eigenvalue weighted by molar-refractivity contribution is 0.462. The van der Waals surface area contributed by atoms with E-state index < -0.39 is 7.14 Å².